The molecular weight excluding hydrogens is 170 g/mol. The molecule has 0 aromatic heterocycles. The van der Waals surface area contributed by atoms with Crippen molar-refractivity contribution in [3.63, 3.8) is 0 Å². The van der Waals surface area contributed by atoms with Crippen molar-refractivity contribution in [3.05, 3.63) is 11.4 Å². The van der Waals surface area contributed by atoms with Crippen LogP contribution in [0.1, 0.15) is 6.92 Å². The lowest BCUT2D eigenvalue weighted by Gasteiger charge is -2.27. The number of nitrogens with zero attached hydrogens (tertiary/aromatic N) is 5. The third-order valence-corrected chi connectivity index (χ3v) is 1.89. The van der Waals surface area contributed by atoms with Gasteiger partial charge in [0.05, 0.1) is 6.54 Å². The van der Waals surface area contributed by atoms with Gasteiger partial charge in [-0.05, 0) is 12.5 Å². The van der Waals surface area contributed by atoms with Crippen LogP contribution in [-0.2, 0) is 0 Å². The van der Waals surface area contributed by atoms with Gasteiger partial charge in [0.15, 0.2) is 5.82 Å². The number of fused-ring (bicyclic) bond motifs is 1. The van der Waals surface area contributed by atoms with Crippen molar-refractivity contribution in [2.75, 3.05) is 13.6 Å². The number of hydrogen-bond acceptors (Lipinski definition) is 4. The Morgan fingerprint density at radius 2 is 2.31 bits per heavy atom. The highest BCUT2D eigenvalue weighted by molar-refractivity contribution is 5.89. The SMILES string of the molecule is CC1=C2N=NN(C)C(=O)N2C=NC1. The Labute approximate surface area is 75.2 Å². The summed E-state index contributed by atoms with van der Waals surface area (Å²) in [6, 6.07) is -0.229. The molecule has 13 heavy (non-hydrogen) atoms. The molecule has 6 heteroatoms. The molecule has 0 radical (unpaired) electrons. The van der Waals surface area contributed by atoms with Crippen LogP contribution in [0, 0.1) is 0 Å². The quantitative estimate of drug-likeness (QED) is 0.547. The van der Waals surface area contributed by atoms with Gasteiger partial charge in [-0.15, -0.1) is 5.11 Å². The van der Waals surface area contributed by atoms with E-state index in [9.17, 15) is 4.79 Å². The number of hydrogen-bond donors (Lipinski definition) is 0. The van der Waals surface area contributed by atoms with Crippen LogP contribution in [0.25, 0.3) is 0 Å². The molecule has 68 valence electrons. The van der Waals surface area contributed by atoms with Crippen molar-refractivity contribution in [3.8, 4) is 0 Å². The van der Waals surface area contributed by atoms with Crippen LogP contribution in [0.5, 0.6) is 0 Å². The summed E-state index contributed by atoms with van der Waals surface area (Å²) in [7, 11) is 1.56. The molecule has 0 unspecified atom stereocenters. The van der Waals surface area contributed by atoms with Crippen LogP contribution >= 0.6 is 0 Å². The van der Waals surface area contributed by atoms with Crippen LogP contribution in [0.4, 0.5) is 4.79 Å². The molecule has 2 heterocycles. The maximum Gasteiger partial charge on any atom is 0.352 e. The smallest absolute Gasteiger partial charge is 0.270 e. The monoisotopic (exact) mass is 179 g/mol. The largest absolute Gasteiger partial charge is 0.352 e. The van der Waals surface area contributed by atoms with E-state index in [4.69, 9.17) is 0 Å². The summed E-state index contributed by atoms with van der Waals surface area (Å²) in [5, 5.41) is 8.78. The van der Waals surface area contributed by atoms with E-state index in [-0.39, 0.29) is 6.03 Å². The Balaban J connectivity index is 2.45. The van der Waals surface area contributed by atoms with Gasteiger partial charge in [-0.2, -0.15) is 5.01 Å². The van der Waals surface area contributed by atoms with Gasteiger partial charge in [0, 0.05) is 7.05 Å². The highest BCUT2D eigenvalue weighted by Crippen LogP contribution is 2.20. The maximum atomic E-state index is 11.5. The van der Waals surface area contributed by atoms with E-state index < -0.39 is 0 Å². The van der Waals surface area contributed by atoms with Gasteiger partial charge in [-0.25, -0.2) is 9.69 Å². The molecule has 2 amide bonds. The molecule has 0 aliphatic carbocycles. The third-order valence-electron chi connectivity index (χ3n) is 1.89. The summed E-state index contributed by atoms with van der Waals surface area (Å²) in [5.41, 5.74) is 0.952. The molecular formula is C7H9N5O. The van der Waals surface area contributed by atoms with E-state index in [2.05, 4.69) is 15.3 Å². The summed E-state index contributed by atoms with van der Waals surface area (Å²) < 4.78 is 0. The van der Waals surface area contributed by atoms with Gasteiger partial charge in [0.25, 0.3) is 0 Å². The molecule has 0 fully saturated rings. The summed E-state index contributed by atoms with van der Waals surface area (Å²) in [6.45, 7) is 2.47. The molecule has 2 aliphatic rings. The van der Waals surface area contributed by atoms with E-state index >= 15 is 0 Å². The van der Waals surface area contributed by atoms with Crippen molar-refractivity contribution < 1.29 is 4.79 Å². The highest BCUT2D eigenvalue weighted by Gasteiger charge is 2.27. The van der Waals surface area contributed by atoms with Crippen molar-refractivity contribution in [1.82, 2.24) is 9.91 Å². The molecule has 0 N–H and O–H groups in total. The Morgan fingerprint density at radius 1 is 1.54 bits per heavy atom. The molecule has 0 spiro atoms. The first-order chi connectivity index (χ1) is 6.20. The summed E-state index contributed by atoms with van der Waals surface area (Å²) in [6.07, 6.45) is 1.49. The zero-order chi connectivity index (χ0) is 9.42. The molecule has 6 nitrogen and oxygen atoms in total. The molecule has 0 bridgehead atoms. The van der Waals surface area contributed by atoms with Crippen LogP contribution in [0.2, 0.25) is 0 Å². The highest BCUT2D eigenvalue weighted by atomic mass is 16.2. The van der Waals surface area contributed by atoms with Gasteiger partial charge >= 0.3 is 6.03 Å². The van der Waals surface area contributed by atoms with Gasteiger partial charge in [-0.3, -0.25) is 4.99 Å². The predicted molar refractivity (Wildman–Crippen MR) is 45.9 cm³/mol. The molecule has 2 aliphatic heterocycles. The van der Waals surface area contributed by atoms with E-state index in [1.54, 1.807) is 7.05 Å². The van der Waals surface area contributed by atoms with Crippen LogP contribution in [0.3, 0.4) is 0 Å². The second-order valence-corrected chi connectivity index (χ2v) is 2.93. The maximum absolute atomic E-state index is 11.5. The van der Waals surface area contributed by atoms with Crippen LogP contribution in [0.15, 0.2) is 26.7 Å². The molecule has 0 saturated heterocycles. The fourth-order valence-electron chi connectivity index (χ4n) is 1.17. The Hall–Kier alpha value is -1.72. The molecule has 2 rings (SSSR count). The fourth-order valence-corrected chi connectivity index (χ4v) is 1.17. The van der Waals surface area contributed by atoms with Crippen molar-refractivity contribution in [1.29, 1.82) is 0 Å². The average molecular weight is 179 g/mol. The van der Waals surface area contributed by atoms with Crippen LogP contribution < -0.4 is 0 Å². The predicted octanol–water partition coefficient (Wildman–Crippen LogP) is 0.994. The molecule has 0 atom stereocenters. The Morgan fingerprint density at radius 3 is 3.08 bits per heavy atom. The minimum absolute atomic E-state index is 0.229. The second-order valence-electron chi connectivity index (χ2n) is 2.93. The molecule has 0 aromatic carbocycles. The molecule has 0 aromatic rings. The normalized spacial score (nSPS) is 21.2. The van der Waals surface area contributed by atoms with Gasteiger partial charge in [0.1, 0.15) is 6.34 Å². The lowest BCUT2D eigenvalue weighted by Crippen LogP contribution is -2.41. The minimum atomic E-state index is -0.229. The van der Waals surface area contributed by atoms with E-state index in [1.807, 2.05) is 6.92 Å². The van der Waals surface area contributed by atoms with E-state index in [1.165, 1.54) is 16.2 Å². The van der Waals surface area contributed by atoms with Crippen LogP contribution in [-0.4, -0.2) is 35.9 Å². The van der Waals surface area contributed by atoms with Crippen molar-refractivity contribution >= 4 is 12.4 Å². The van der Waals surface area contributed by atoms with E-state index in [0.29, 0.717) is 12.4 Å². The zero-order valence-electron chi connectivity index (χ0n) is 7.43. The summed E-state index contributed by atoms with van der Waals surface area (Å²) in [4.78, 5) is 16.9. The number of carbonyl (C=O) groups is 1. The first kappa shape index (κ1) is 7.90. The van der Waals surface area contributed by atoms with E-state index in [0.717, 1.165) is 5.57 Å². The second kappa shape index (κ2) is 2.65. The Bertz CT molecular complexity index is 343. The van der Waals surface area contributed by atoms with Gasteiger partial charge in [-0.1, -0.05) is 5.22 Å². The summed E-state index contributed by atoms with van der Waals surface area (Å²) in [5.74, 6) is 0.595. The topological polar surface area (TPSA) is 60.6 Å². The number of aliphatic imine (C=N–C) groups is 1. The standard InChI is InChI=1S/C7H9N5O/c1-5-3-8-4-12-6(5)9-10-11(2)7(12)13/h4H,3H2,1-2H3. The number of carbonyl (C=O) groups excluding carboxylic acids is 1. The van der Waals surface area contributed by atoms with Crippen molar-refractivity contribution in [2.24, 2.45) is 15.3 Å². The zero-order valence-corrected chi connectivity index (χ0v) is 7.43. The average Bonchev–Trinajstić information content (AvgIpc) is 2.12. The van der Waals surface area contributed by atoms with Gasteiger partial charge < -0.3 is 0 Å². The van der Waals surface area contributed by atoms with Gasteiger partial charge in [0.2, 0.25) is 0 Å². The fraction of sp³-hybridized carbons (Fsp3) is 0.429. The first-order valence-electron chi connectivity index (χ1n) is 3.88. The molecule has 0 saturated carbocycles. The third kappa shape index (κ3) is 1.10. The summed E-state index contributed by atoms with van der Waals surface area (Å²) >= 11 is 0. The lowest BCUT2D eigenvalue weighted by molar-refractivity contribution is 0.182. The van der Waals surface area contributed by atoms with Crippen molar-refractivity contribution in [2.45, 2.75) is 6.92 Å². The number of amides is 2. The lowest BCUT2D eigenvalue weighted by atomic mass is 10.2. The minimum Gasteiger partial charge on any atom is -0.270 e. The number of urea groups is 1. The number of rotatable bonds is 0. The Kier molecular flexibility index (Phi) is 1.61. The first-order valence-corrected chi connectivity index (χ1v) is 3.88.